The first-order valence-corrected chi connectivity index (χ1v) is 9.65. The first-order valence-electron chi connectivity index (χ1n) is 9.24. The topological polar surface area (TPSA) is 28.0 Å². The Morgan fingerprint density at radius 1 is 0.622 bits per heavy atom. The van der Waals surface area contributed by atoms with E-state index in [1.54, 1.807) is 0 Å². The molecule has 0 saturated carbocycles. The molecule has 1 heterocycles. The van der Waals surface area contributed by atoms with Gasteiger partial charge in [-0.1, -0.05) is 12.2 Å². The molecule has 2 nitrogen and oxygen atoms in total. The van der Waals surface area contributed by atoms with Gasteiger partial charge in [-0.2, -0.15) is 74.6 Å². The molecule has 1 aromatic rings. The van der Waals surface area contributed by atoms with Gasteiger partial charge >= 0.3 is 47.6 Å². The van der Waals surface area contributed by atoms with E-state index in [0.29, 0.717) is 0 Å². The van der Waals surface area contributed by atoms with Crippen LogP contribution in [0.4, 0.5) is 74.6 Å². The number of halogens is 17. The van der Waals surface area contributed by atoms with Gasteiger partial charge in [-0.3, -0.25) is 0 Å². The summed E-state index contributed by atoms with van der Waals surface area (Å²) in [7, 11) is 0. The Labute approximate surface area is 199 Å². The number of aromatic nitrogens is 1. The SMILES string of the molecule is [O-]n1ccc(CCCCC(F)(F)C(F)(F)C(F)(F)C(F)(F)C(F)(F)C(F)(F)C(F)(F)C(F)(F)F)cc1=S. The smallest absolute Gasteiger partial charge is 0.460 e. The van der Waals surface area contributed by atoms with Crippen molar-refractivity contribution in [3.63, 3.8) is 0 Å². The highest BCUT2D eigenvalue weighted by Crippen LogP contribution is 2.64. The Hall–Kier alpha value is -2.02. The summed E-state index contributed by atoms with van der Waals surface area (Å²) in [6, 6.07) is 2.06. The Morgan fingerprint density at radius 3 is 1.43 bits per heavy atom. The standard InChI is InChI=1S/C17H11F17NOS/c18-10(19,5-2-1-3-8-4-6-35(36)9(37)7-8)11(20,21)12(22,23)13(24,25)14(26,27)15(28,29)16(30,31)17(32,33)34/h4,6-7H,1-3,5H2/q-1. The van der Waals surface area contributed by atoms with Gasteiger partial charge in [0.25, 0.3) is 0 Å². The van der Waals surface area contributed by atoms with Crippen molar-refractivity contribution in [3.8, 4) is 0 Å². The maximum atomic E-state index is 13.8. The fraction of sp³-hybridized carbons (Fsp3) is 0.706. The molecule has 0 bridgehead atoms. The molecule has 0 aliphatic carbocycles. The van der Waals surface area contributed by atoms with E-state index in [4.69, 9.17) is 0 Å². The van der Waals surface area contributed by atoms with E-state index < -0.39 is 66.9 Å². The lowest BCUT2D eigenvalue weighted by molar-refractivity contribution is -0.461. The second kappa shape index (κ2) is 9.62. The van der Waals surface area contributed by atoms with Crippen molar-refractivity contribution in [1.82, 2.24) is 4.73 Å². The number of hydrogen-bond acceptors (Lipinski definition) is 2. The van der Waals surface area contributed by atoms with Gasteiger partial charge in [0.15, 0.2) is 0 Å². The van der Waals surface area contributed by atoms with E-state index in [-0.39, 0.29) is 21.4 Å². The van der Waals surface area contributed by atoms with Gasteiger partial charge in [0.2, 0.25) is 0 Å². The number of alkyl halides is 17. The predicted octanol–water partition coefficient (Wildman–Crippen LogP) is 8.29. The van der Waals surface area contributed by atoms with Gasteiger partial charge < -0.3 is 9.94 Å². The number of hydrogen-bond donors (Lipinski definition) is 0. The van der Waals surface area contributed by atoms with Crippen LogP contribution in [0.15, 0.2) is 18.3 Å². The number of rotatable bonds is 11. The third kappa shape index (κ3) is 5.17. The monoisotopic (exact) mass is 600 g/mol. The number of nitrogens with zero attached hydrogens (tertiary/aromatic N) is 1. The normalized spacial score (nSPS) is 15.3. The Bertz CT molecular complexity index is 1010. The molecule has 0 N–H and O–H groups in total. The first-order chi connectivity index (χ1) is 16.1. The zero-order valence-corrected chi connectivity index (χ0v) is 18.1. The first kappa shape index (κ1) is 33.0. The highest BCUT2D eigenvalue weighted by atomic mass is 32.1. The molecule has 216 valence electrons. The quantitative estimate of drug-likeness (QED) is 0.145. The van der Waals surface area contributed by atoms with Crippen molar-refractivity contribution in [2.24, 2.45) is 0 Å². The van der Waals surface area contributed by atoms with Crippen LogP contribution in [0.5, 0.6) is 0 Å². The molecular formula is C17H11F17NOS-. The van der Waals surface area contributed by atoms with Gasteiger partial charge in [-0.25, -0.2) is 0 Å². The summed E-state index contributed by atoms with van der Waals surface area (Å²) in [5.74, 6) is -56.2. The minimum absolute atomic E-state index is 0.122. The maximum Gasteiger partial charge on any atom is 0.460 e. The molecule has 20 heteroatoms. The molecule has 0 fully saturated rings. The predicted molar refractivity (Wildman–Crippen MR) is 92.3 cm³/mol. The lowest BCUT2D eigenvalue weighted by Crippen LogP contribution is -2.74. The lowest BCUT2D eigenvalue weighted by atomic mass is 9.87. The van der Waals surface area contributed by atoms with Gasteiger partial charge in [0, 0.05) is 6.42 Å². The highest BCUT2D eigenvalue weighted by Gasteiger charge is 2.95. The van der Waals surface area contributed by atoms with Crippen molar-refractivity contribution in [1.29, 1.82) is 0 Å². The fourth-order valence-electron chi connectivity index (χ4n) is 2.69. The van der Waals surface area contributed by atoms with Crippen LogP contribution in [-0.4, -0.2) is 52.4 Å². The second-order valence-corrected chi connectivity index (χ2v) is 7.97. The zero-order valence-electron chi connectivity index (χ0n) is 17.2. The summed E-state index contributed by atoms with van der Waals surface area (Å²) in [6.07, 6.45) is -11.7. The van der Waals surface area contributed by atoms with Crippen LogP contribution < -0.4 is 0 Å². The number of unbranched alkanes of at least 4 members (excludes halogenated alkanes) is 1. The van der Waals surface area contributed by atoms with E-state index in [1.807, 2.05) is 0 Å². The third-order valence-electron chi connectivity index (χ3n) is 4.94. The minimum atomic E-state index is -8.63. The van der Waals surface area contributed by atoms with Crippen LogP contribution in [0.3, 0.4) is 0 Å². The zero-order chi connectivity index (χ0) is 29.7. The van der Waals surface area contributed by atoms with Crippen molar-refractivity contribution >= 4 is 12.2 Å². The summed E-state index contributed by atoms with van der Waals surface area (Å²) in [4.78, 5) is 0. The van der Waals surface area contributed by atoms with Gasteiger partial charge in [-0.15, -0.1) is 0 Å². The lowest BCUT2D eigenvalue weighted by Gasteiger charge is -2.42. The molecule has 0 saturated heterocycles. The third-order valence-corrected chi connectivity index (χ3v) is 5.24. The van der Waals surface area contributed by atoms with E-state index in [2.05, 4.69) is 12.2 Å². The largest absolute Gasteiger partial charge is 0.805 e. The van der Waals surface area contributed by atoms with Crippen LogP contribution in [-0.2, 0) is 6.42 Å². The summed E-state index contributed by atoms with van der Waals surface area (Å²) >= 11 is 4.56. The molecule has 0 aliphatic heterocycles. The number of pyridine rings is 1. The second-order valence-electron chi connectivity index (χ2n) is 7.55. The molecule has 0 aliphatic rings. The maximum absolute atomic E-state index is 13.8. The molecule has 0 atom stereocenters. The van der Waals surface area contributed by atoms with Gasteiger partial charge in [0.1, 0.15) is 4.64 Å². The van der Waals surface area contributed by atoms with Gasteiger partial charge in [0.05, 0.1) is 0 Å². The van der Waals surface area contributed by atoms with Crippen molar-refractivity contribution in [2.45, 2.75) is 73.3 Å². The Morgan fingerprint density at radius 2 is 1.03 bits per heavy atom. The van der Waals surface area contributed by atoms with E-state index in [9.17, 15) is 79.8 Å². The van der Waals surface area contributed by atoms with Crippen LogP contribution in [0, 0.1) is 9.85 Å². The van der Waals surface area contributed by atoms with E-state index in [1.165, 1.54) is 0 Å². The van der Waals surface area contributed by atoms with Crippen LogP contribution in [0.25, 0.3) is 0 Å². The van der Waals surface area contributed by atoms with Crippen LogP contribution in [0.2, 0.25) is 0 Å². The summed E-state index contributed by atoms with van der Waals surface area (Å²) in [5, 5.41) is 11.1. The molecule has 37 heavy (non-hydrogen) atoms. The Kier molecular flexibility index (Phi) is 8.58. The molecule has 0 spiro atoms. The molecule has 0 unspecified atom stereocenters. The van der Waals surface area contributed by atoms with Gasteiger partial charge in [-0.05, 0) is 43.2 Å². The molecule has 1 aromatic heterocycles. The van der Waals surface area contributed by atoms with Crippen LogP contribution in [0.1, 0.15) is 24.8 Å². The average molecular weight is 600 g/mol. The fourth-order valence-corrected chi connectivity index (χ4v) is 2.90. The molecule has 0 radical (unpaired) electrons. The average Bonchev–Trinajstić information content (AvgIpc) is 2.72. The molecule has 0 aromatic carbocycles. The van der Waals surface area contributed by atoms with Crippen LogP contribution >= 0.6 is 12.2 Å². The van der Waals surface area contributed by atoms with E-state index >= 15 is 0 Å². The van der Waals surface area contributed by atoms with Crippen molar-refractivity contribution < 1.29 is 74.6 Å². The van der Waals surface area contributed by atoms with E-state index in [0.717, 1.165) is 18.3 Å². The number of aryl methyl sites for hydroxylation is 1. The highest BCUT2D eigenvalue weighted by molar-refractivity contribution is 7.71. The van der Waals surface area contributed by atoms with Crippen molar-refractivity contribution in [2.75, 3.05) is 0 Å². The summed E-state index contributed by atoms with van der Waals surface area (Å²) in [6.45, 7) is 0. The molecule has 0 amide bonds. The molecule has 1 rings (SSSR count). The van der Waals surface area contributed by atoms with Crippen molar-refractivity contribution in [3.05, 3.63) is 33.7 Å². The summed E-state index contributed by atoms with van der Waals surface area (Å²) < 4.78 is 224. The Balaban J connectivity index is 3.24. The molecular weight excluding hydrogens is 589 g/mol. The minimum Gasteiger partial charge on any atom is -0.805 e. The summed E-state index contributed by atoms with van der Waals surface area (Å²) in [5.41, 5.74) is 0.122.